The summed E-state index contributed by atoms with van der Waals surface area (Å²) in [6.45, 7) is 11.6. The van der Waals surface area contributed by atoms with Gasteiger partial charge in [0.25, 0.3) is 5.88 Å². The molecule has 2 aromatic rings. The first kappa shape index (κ1) is 27.8. The molecule has 36 heavy (non-hydrogen) atoms. The number of halogens is 1. The van der Waals surface area contributed by atoms with Crippen molar-refractivity contribution in [3.05, 3.63) is 23.4 Å². The van der Waals surface area contributed by atoms with Crippen molar-refractivity contribution >= 4 is 34.7 Å². The van der Waals surface area contributed by atoms with E-state index in [1.807, 2.05) is 20.8 Å². The first-order valence-electron chi connectivity index (χ1n) is 12.3. The average Bonchev–Trinajstić information content (AvgIpc) is 3.15. The quantitative estimate of drug-likeness (QED) is 0.433. The normalized spacial score (nSPS) is 20.0. The fourth-order valence-electron chi connectivity index (χ4n) is 4.17. The van der Waals surface area contributed by atoms with E-state index in [-0.39, 0.29) is 36.0 Å². The van der Waals surface area contributed by atoms with E-state index >= 15 is 0 Å². The lowest BCUT2D eigenvalue weighted by Crippen LogP contribution is -2.46. The summed E-state index contributed by atoms with van der Waals surface area (Å²) >= 11 is 6.42. The van der Waals surface area contributed by atoms with Crippen LogP contribution in [0.5, 0.6) is 11.6 Å². The van der Waals surface area contributed by atoms with Crippen LogP contribution in [0.25, 0.3) is 11.0 Å². The number of esters is 1. The summed E-state index contributed by atoms with van der Waals surface area (Å²) in [5.74, 6) is 0.0917. The molecule has 1 aromatic heterocycles. The third-order valence-electron chi connectivity index (χ3n) is 5.71. The molecule has 1 amide bonds. The highest BCUT2D eigenvalue weighted by molar-refractivity contribution is 6.31. The van der Waals surface area contributed by atoms with Gasteiger partial charge in [0.15, 0.2) is 5.15 Å². The topological polar surface area (TPSA) is 100 Å². The molecule has 0 N–H and O–H groups in total. The number of fused-ring (bicyclic) bond motifs is 1. The zero-order valence-corrected chi connectivity index (χ0v) is 22.8. The van der Waals surface area contributed by atoms with Crippen molar-refractivity contribution in [2.75, 3.05) is 20.3 Å². The number of amides is 1. The summed E-state index contributed by atoms with van der Waals surface area (Å²) in [6.07, 6.45) is 0.234. The van der Waals surface area contributed by atoms with Gasteiger partial charge in [0.05, 0.1) is 31.3 Å². The Balaban J connectivity index is 1.95. The summed E-state index contributed by atoms with van der Waals surface area (Å²) in [5.41, 5.74) is 0.417. The zero-order chi connectivity index (χ0) is 26.6. The summed E-state index contributed by atoms with van der Waals surface area (Å²) in [4.78, 5) is 36.7. The number of carbonyl (C=O) groups excluding carboxylic acids is 2. The second kappa shape index (κ2) is 11.5. The Hall–Kier alpha value is -2.81. The maximum absolute atomic E-state index is 13.2. The fraction of sp³-hybridized carbons (Fsp3) is 0.615. The summed E-state index contributed by atoms with van der Waals surface area (Å²) in [6, 6.07) is 4.42. The molecule has 3 unspecified atom stereocenters. The number of hydrogen-bond donors (Lipinski definition) is 0. The number of likely N-dealkylation sites (tertiary alicyclic amines) is 1. The number of nitrogens with zero attached hydrogens (tertiary/aromatic N) is 3. The number of rotatable bonds is 8. The van der Waals surface area contributed by atoms with Crippen molar-refractivity contribution in [2.24, 2.45) is 11.8 Å². The van der Waals surface area contributed by atoms with E-state index in [2.05, 4.69) is 9.97 Å². The molecule has 1 fully saturated rings. The number of methoxy groups -OCH3 is 1. The average molecular weight is 522 g/mol. The molecule has 0 spiro atoms. The van der Waals surface area contributed by atoms with Gasteiger partial charge in [-0.15, -0.1) is 0 Å². The third kappa shape index (κ3) is 6.69. The molecule has 0 aliphatic carbocycles. The SMILES string of the molecule is CCCC1C(Oc2nc3cc(OC)ccc3nc2Cl)CN(C(=O)OC(C)(C)C)C1C(=O)OCC(C)C. The van der Waals surface area contributed by atoms with E-state index < -0.39 is 29.8 Å². The van der Waals surface area contributed by atoms with Crippen molar-refractivity contribution in [2.45, 2.75) is 72.1 Å². The lowest BCUT2D eigenvalue weighted by Gasteiger charge is -2.29. The molecule has 0 saturated carbocycles. The molecule has 3 atom stereocenters. The Morgan fingerprint density at radius 1 is 1.19 bits per heavy atom. The fourth-order valence-corrected chi connectivity index (χ4v) is 4.34. The van der Waals surface area contributed by atoms with Gasteiger partial charge in [-0.2, -0.15) is 0 Å². The van der Waals surface area contributed by atoms with Crippen molar-refractivity contribution < 1.29 is 28.5 Å². The molecule has 1 aliphatic rings. The molecule has 1 aliphatic heterocycles. The molecule has 1 aromatic carbocycles. The molecule has 2 heterocycles. The molecule has 10 heteroatoms. The maximum Gasteiger partial charge on any atom is 0.411 e. The van der Waals surface area contributed by atoms with Crippen LogP contribution in [-0.4, -0.2) is 64.9 Å². The number of benzene rings is 1. The number of carbonyl (C=O) groups is 2. The van der Waals surface area contributed by atoms with Gasteiger partial charge >= 0.3 is 12.1 Å². The van der Waals surface area contributed by atoms with E-state index in [0.717, 1.165) is 6.42 Å². The van der Waals surface area contributed by atoms with Crippen LogP contribution in [0.3, 0.4) is 0 Å². The highest BCUT2D eigenvalue weighted by Gasteiger charge is 2.51. The van der Waals surface area contributed by atoms with Gasteiger partial charge < -0.3 is 18.9 Å². The molecule has 9 nitrogen and oxygen atoms in total. The Labute approximate surface area is 217 Å². The van der Waals surface area contributed by atoms with Gasteiger partial charge in [0, 0.05) is 12.0 Å². The van der Waals surface area contributed by atoms with Crippen LogP contribution >= 0.6 is 11.6 Å². The van der Waals surface area contributed by atoms with Crippen LogP contribution in [0.2, 0.25) is 5.15 Å². The Bertz CT molecular complexity index is 1090. The third-order valence-corrected chi connectivity index (χ3v) is 5.95. The molecule has 0 bridgehead atoms. The number of ether oxygens (including phenoxy) is 4. The highest BCUT2D eigenvalue weighted by Crippen LogP contribution is 2.35. The van der Waals surface area contributed by atoms with Crippen LogP contribution in [0.15, 0.2) is 18.2 Å². The molecule has 0 radical (unpaired) electrons. The first-order valence-corrected chi connectivity index (χ1v) is 12.7. The smallest absolute Gasteiger partial charge is 0.411 e. The second-order valence-electron chi connectivity index (χ2n) is 10.4. The van der Waals surface area contributed by atoms with Gasteiger partial charge in [-0.1, -0.05) is 38.8 Å². The van der Waals surface area contributed by atoms with E-state index in [1.54, 1.807) is 46.1 Å². The summed E-state index contributed by atoms with van der Waals surface area (Å²) < 4.78 is 22.7. The maximum atomic E-state index is 13.2. The second-order valence-corrected chi connectivity index (χ2v) is 10.7. The van der Waals surface area contributed by atoms with Crippen LogP contribution < -0.4 is 9.47 Å². The van der Waals surface area contributed by atoms with E-state index in [0.29, 0.717) is 23.2 Å². The van der Waals surface area contributed by atoms with Gasteiger partial charge in [0.2, 0.25) is 0 Å². The van der Waals surface area contributed by atoms with Gasteiger partial charge in [-0.05, 0) is 45.2 Å². The molecule has 3 rings (SSSR count). The van der Waals surface area contributed by atoms with Crippen molar-refractivity contribution in [3.63, 3.8) is 0 Å². The minimum atomic E-state index is -0.851. The highest BCUT2D eigenvalue weighted by atomic mass is 35.5. The van der Waals surface area contributed by atoms with Gasteiger partial charge in [-0.3, -0.25) is 4.90 Å². The monoisotopic (exact) mass is 521 g/mol. The van der Waals surface area contributed by atoms with E-state index in [4.69, 9.17) is 30.5 Å². The van der Waals surface area contributed by atoms with E-state index in [9.17, 15) is 9.59 Å². The predicted molar refractivity (Wildman–Crippen MR) is 136 cm³/mol. The summed E-state index contributed by atoms with van der Waals surface area (Å²) in [7, 11) is 1.57. The van der Waals surface area contributed by atoms with Crippen molar-refractivity contribution in [1.82, 2.24) is 14.9 Å². The lowest BCUT2D eigenvalue weighted by molar-refractivity contribution is -0.151. The van der Waals surface area contributed by atoms with Gasteiger partial charge in [-0.25, -0.2) is 19.6 Å². The standard InChI is InChI=1S/C26H36ClN3O6/c1-8-9-17-20(35-23-22(27)28-18-11-10-16(33-7)12-19(18)29-23)13-30(25(32)36-26(4,5)6)21(17)24(31)34-14-15(2)3/h10-12,15,17,20-21H,8-9,13-14H2,1-7H3. The van der Waals surface area contributed by atoms with Crippen LogP contribution in [0, 0.1) is 11.8 Å². The predicted octanol–water partition coefficient (Wildman–Crippen LogP) is 5.27. The molecule has 198 valence electrons. The van der Waals surface area contributed by atoms with Crippen LogP contribution in [-0.2, 0) is 14.3 Å². The summed E-state index contributed by atoms with van der Waals surface area (Å²) in [5, 5.41) is 0.0950. The Morgan fingerprint density at radius 3 is 2.53 bits per heavy atom. The lowest BCUT2D eigenvalue weighted by atomic mass is 9.93. The van der Waals surface area contributed by atoms with Crippen molar-refractivity contribution in [1.29, 1.82) is 0 Å². The molecular weight excluding hydrogens is 486 g/mol. The van der Waals surface area contributed by atoms with Crippen molar-refractivity contribution in [3.8, 4) is 11.6 Å². The minimum absolute atomic E-state index is 0.0950. The van der Waals surface area contributed by atoms with Crippen LogP contribution in [0.4, 0.5) is 4.79 Å². The number of hydrogen-bond acceptors (Lipinski definition) is 8. The Kier molecular flexibility index (Phi) is 8.87. The van der Waals surface area contributed by atoms with E-state index in [1.165, 1.54) is 4.90 Å². The molecular formula is C26H36ClN3O6. The van der Waals surface area contributed by atoms with Gasteiger partial charge in [0.1, 0.15) is 23.5 Å². The van der Waals surface area contributed by atoms with Crippen LogP contribution in [0.1, 0.15) is 54.4 Å². The first-order chi connectivity index (χ1) is 16.9. The molecule has 1 saturated heterocycles. The minimum Gasteiger partial charge on any atom is -0.497 e. The zero-order valence-electron chi connectivity index (χ0n) is 22.0. The number of aromatic nitrogens is 2. The Morgan fingerprint density at radius 2 is 1.92 bits per heavy atom. The largest absolute Gasteiger partial charge is 0.497 e.